The maximum Gasteiger partial charge on any atom is 0.127 e. The zero-order valence-electron chi connectivity index (χ0n) is 11.0. The minimum Gasteiger partial charge on any atom is -0.371 e. The summed E-state index contributed by atoms with van der Waals surface area (Å²) in [5.74, 6) is -0.0607. The summed E-state index contributed by atoms with van der Waals surface area (Å²) < 4.78 is 19.8. The zero-order chi connectivity index (χ0) is 12.9. The average Bonchev–Trinajstić information content (AvgIpc) is 3.00. The maximum atomic E-state index is 13.9. The van der Waals surface area contributed by atoms with Crippen LogP contribution >= 0.6 is 0 Å². The summed E-state index contributed by atoms with van der Waals surface area (Å²) in [5.41, 5.74) is 2.03. The molecule has 2 atom stereocenters. The summed E-state index contributed by atoms with van der Waals surface area (Å²) in [6.07, 6.45) is 2.05. The van der Waals surface area contributed by atoms with E-state index in [1.54, 1.807) is 6.07 Å². The molecule has 1 aromatic rings. The zero-order valence-corrected chi connectivity index (χ0v) is 11.0. The molecule has 0 aliphatic carbocycles. The van der Waals surface area contributed by atoms with Gasteiger partial charge in [-0.05, 0) is 24.5 Å². The molecular formula is C15H19FN2O. The third kappa shape index (κ3) is 1.98. The summed E-state index contributed by atoms with van der Waals surface area (Å²) in [4.78, 5) is 2.35. The van der Waals surface area contributed by atoms with Crippen LogP contribution in [0.4, 0.5) is 4.39 Å². The molecule has 0 radical (unpaired) electrons. The molecule has 3 aliphatic heterocycles. The van der Waals surface area contributed by atoms with Gasteiger partial charge in [0.15, 0.2) is 0 Å². The predicted octanol–water partition coefficient (Wildman–Crippen LogP) is 1.31. The minimum atomic E-state index is -0.0607. The van der Waals surface area contributed by atoms with Gasteiger partial charge in [0, 0.05) is 37.8 Å². The number of hydrogen-bond donors (Lipinski definition) is 1. The lowest BCUT2D eigenvalue weighted by atomic mass is 9.96. The first-order chi connectivity index (χ1) is 9.24. The van der Waals surface area contributed by atoms with Gasteiger partial charge < -0.3 is 10.1 Å². The van der Waals surface area contributed by atoms with Crippen LogP contribution in [0.25, 0.3) is 0 Å². The third-order valence-corrected chi connectivity index (χ3v) is 4.73. The lowest BCUT2D eigenvalue weighted by Gasteiger charge is -2.36. The number of halogens is 1. The molecule has 1 N–H and O–H groups in total. The van der Waals surface area contributed by atoms with Crippen LogP contribution in [0.1, 0.15) is 17.5 Å². The Morgan fingerprint density at radius 1 is 1.47 bits per heavy atom. The predicted molar refractivity (Wildman–Crippen MR) is 70.5 cm³/mol. The molecule has 4 rings (SSSR count). The van der Waals surface area contributed by atoms with Crippen LogP contribution in [0, 0.1) is 5.82 Å². The number of ether oxygens (including phenoxy) is 1. The van der Waals surface area contributed by atoms with E-state index >= 15 is 0 Å². The van der Waals surface area contributed by atoms with E-state index in [0.29, 0.717) is 6.04 Å². The van der Waals surface area contributed by atoms with Crippen molar-refractivity contribution in [3.8, 4) is 0 Å². The second kappa shape index (κ2) is 4.27. The summed E-state index contributed by atoms with van der Waals surface area (Å²) in [6.45, 7) is 4.42. The van der Waals surface area contributed by atoms with Crippen molar-refractivity contribution in [2.45, 2.75) is 31.0 Å². The van der Waals surface area contributed by atoms with Gasteiger partial charge in [-0.15, -0.1) is 0 Å². The fourth-order valence-electron chi connectivity index (χ4n) is 3.73. The van der Waals surface area contributed by atoms with Crippen LogP contribution in [-0.4, -0.2) is 42.8 Å². The minimum absolute atomic E-state index is 0.0204. The van der Waals surface area contributed by atoms with Crippen LogP contribution in [0.5, 0.6) is 0 Å². The third-order valence-electron chi connectivity index (χ3n) is 4.73. The van der Waals surface area contributed by atoms with Gasteiger partial charge in [0.05, 0.1) is 12.2 Å². The van der Waals surface area contributed by atoms with E-state index in [1.165, 1.54) is 5.56 Å². The van der Waals surface area contributed by atoms with E-state index in [4.69, 9.17) is 4.74 Å². The number of hydrogen-bond acceptors (Lipinski definition) is 3. The summed E-state index contributed by atoms with van der Waals surface area (Å²) >= 11 is 0. The van der Waals surface area contributed by atoms with Crippen molar-refractivity contribution in [2.24, 2.45) is 0 Å². The van der Waals surface area contributed by atoms with Crippen molar-refractivity contribution in [1.82, 2.24) is 10.2 Å². The highest BCUT2D eigenvalue weighted by Crippen LogP contribution is 2.33. The van der Waals surface area contributed by atoms with Crippen molar-refractivity contribution < 1.29 is 9.13 Å². The van der Waals surface area contributed by atoms with E-state index in [2.05, 4.69) is 10.2 Å². The van der Waals surface area contributed by atoms with Gasteiger partial charge in [0.1, 0.15) is 5.82 Å². The normalized spacial score (nSPS) is 33.6. The molecule has 2 saturated heterocycles. The number of nitrogens with zero attached hydrogens (tertiary/aromatic N) is 1. The van der Waals surface area contributed by atoms with Gasteiger partial charge in [-0.1, -0.05) is 12.1 Å². The molecule has 3 nitrogen and oxygen atoms in total. The van der Waals surface area contributed by atoms with E-state index in [1.807, 2.05) is 12.1 Å². The Bertz CT molecular complexity index is 497. The topological polar surface area (TPSA) is 24.5 Å². The number of benzene rings is 1. The fourth-order valence-corrected chi connectivity index (χ4v) is 3.73. The average molecular weight is 262 g/mol. The van der Waals surface area contributed by atoms with Crippen molar-refractivity contribution in [3.63, 3.8) is 0 Å². The van der Waals surface area contributed by atoms with Gasteiger partial charge in [-0.25, -0.2) is 4.39 Å². The lowest BCUT2D eigenvalue weighted by molar-refractivity contribution is -0.0325. The van der Waals surface area contributed by atoms with Crippen LogP contribution in [-0.2, 0) is 17.7 Å². The first-order valence-electron chi connectivity index (χ1n) is 7.10. The summed E-state index contributed by atoms with van der Waals surface area (Å²) in [6, 6.07) is 5.97. The van der Waals surface area contributed by atoms with Crippen molar-refractivity contribution >= 4 is 0 Å². The molecule has 3 aliphatic rings. The largest absolute Gasteiger partial charge is 0.371 e. The molecule has 0 saturated carbocycles. The van der Waals surface area contributed by atoms with E-state index in [9.17, 15) is 4.39 Å². The number of rotatable bonds is 2. The molecule has 0 spiro atoms. The molecule has 2 fully saturated rings. The Hall–Kier alpha value is -0.970. The number of fused-ring (bicyclic) bond motifs is 3. The molecule has 0 unspecified atom stereocenters. The molecular weight excluding hydrogens is 243 g/mol. The Labute approximate surface area is 112 Å². The first kappa shape index (κ1) is 11.8. The first-order valence-corrected chi connectivity index (χ1v) is 7.10. The van der Waals surface area contributed by atoms with Crippen molar-refractivity contribution in [1.29, 1.82) is 0 Å². The molecule has 19 heavy (non-hydrogen) atoms. The van der Waals surface area contributed by atoms with Gasteiger partial charge in [-0.2, -0.15) is 0 Å². The van der Waals surface area contributed by atoms with Crippen LogP contribution in [0.15, 0.2) is 18.2 Å². The lowest BCUT2D eigenvalue weighted by Crippen LogP contribution is -2.48. The summed E-state index contributed by atoms with van der Waals surface area (Å²) in [5, 5.41) is 3.49. The van der Waals surface area contributed by atoms with Gasteiger partial charge in [0.2, 0.25) is 0 Å². The van der Waals surface area contributed by atoms with Crippen molar-refractivity contribution in [2.75, 3.05) is 26.2 Å². The molecule has 1 aromatic carbocycles. The number of nitrogens with one attached hydrogen (secondary N) is 1. The second-order valence-corrected chi connectivity index (χ2v) is 6.11. The van der Waals surface area contributed by atoms with Gasteiger partial charge >= 0.3 is 0 Å². The molecule has 102 valence electrons. The molecule has 4 heteroatoms. The van der Waals surface area contributed by atoms with Gasteiger partial charge in [0.25, 0.3) is 0 Å². The van der Waals surface area contributed by atoms with E-state index in [-0.39, 0.29) is 11.4 Å². The van der Waals surface area contributed by atoms with E-state index < -0.39 is 0 Å². The SMILES string of the molecule is Fc1cccc2c1CN(C[C@@]13CN[C@@H](CO1)C3)CC2. The molecule has 0 amide bonds. The Morgan fingerprint density at radius 3 is 3.16 bits per heavy atom. The highest BCUT2D eigenvalue weighted by Gasteiger charge is 2.47. The van der Waals surface area contributed by atoms with Crippen LogP contribution in [0.2, 0.25) is 0 Å². The Kier molecular flexibility index (Phi) is 2.65. The van der Waals surface area contributed by atoms with Crippen LogP contribution < -0.4 is 5.32 Å². The van der Waals surface area contributed by atoms with Crippen molar-refractivity contribution in [3.05, 3.63) is 35.1 Å². The molecule has 2 bridgehead atoms. The standard InChI is InChI=1S/C15H19FN2O/c16-14-3-1-2-11-4-5-18(7-13(11)14)10-15-6-12(8-19-15)17-9-15/h1-3,12,17H,4-10H2/t12-,15-/m1/s1. The Balaban J connectivity index is 1.51. The highest BCUT2D eigenvalue weighted by atomic mass is 19.1. The fraction of sp³-hybridized carbons (Fsp3) is 0.600. The second-order valence-electron chi connectivity index (χ2n) is 6.11. The van der Waals surface area contributed by atoms with E-state index in [0.717, 1.165) is 51.2 Å². The molecule has 0 aromatic heterocycles. The molecule has 3 heterocycles. The van der Waals surface area contributed by atoms with Gasteiger partial charge in [-0.3, -0.25) is 4.90 Å². The maximum absolute atomic E-state index is 13.9. The Morgan fingerprint density at radius 2 is 2.42 bits per heavy atom. The quantitative estimate of drug-likeness (QED) is 0.870. The monoisotopic (exact) mass is 262 g/mol. The highest BCUT2D eigenvalue weighted by molar-refractivity contribution is 5.30. The smallest absolute Gasteiger partial charge is 0.127 e. The summed E-state index contributed by atoms with van der Waals surface area (Å²) in [7, 11) is 0. The van der Waals surface area contributed by atoms with Crippen LogP contribution in [0.3, 0.4) is 0 Å². The number of morpholine rings is 1.